The summed E-state index contributed by atoms with van der Waals surface area (Å²) in [6.07, 6.45) is 2.54. The van der Waals surface area contributed by atoms with Crippen molar-refractivity contribution in [2.45, 2.75) is 58.3 Å². The molecule has 0 bridgehead atoms. The van der Waals surface area contributed by atoms with Crippen LogP contribution in [0.15, 0.2) is 35.2 Å². The molecule has 2 aliphatic rings. The molecular formula is C26H33N3O4S. The van der Waals surface area contributed by atoms with Crippen molar-refractivity contribution in [1.29, 1.82) is 0 Å². The van der Waals surface area contributed by atoms with Crippen molar-refractivity contribution in [3.05, 3.63) is 52.6 Å². The smallest absolute Gasteiger partial charge is 0.243 e. The van der Waals surface area contributed by atoms with E-state index in [1.165, 1.54) is 11.2 Å². The van der Waals surface area contributed by atoms with Crippen molar-refractivity contribution in [2.24, 2.45) is 5.92 Å². The molecule has 2 amide bonds. The van der Waals surface area contributed by atoms with Crippen molar-refractivity contribution >= 4 is 33.2 Å². The number of amides is 2. The summed E-state index contributed by atoms with van der Waals surface area (Å²) in [7, 11) is -3.66. The molecular weight excluding hydrogens is 450 g/mol. The molecule has 0 spiro atoms. The van der Waals surface area contributed by atoms with Crippen molar-refractivity contribution in [3.8, 4) is 0 Å². The second kappa shape index (κ2) is 9.50. The molecule has 1 N–H and O–H groups in total. The van der Waals surface area contributed by atoms with E-state index in [9.17, 15) is 18.0 Å². The van der Waals surface area contributed by atoms with E-state index >= 15 is 0 Å². The predicted molar refractivity (Wildman–Crippen MR) is 134 cm³/mol. The Morgan fingerprint density at radius 3 is 2.24 bits per heavy atom. The highest BCUT2D eigenvalue weighted by Gasteiger charge is 2.33. The van der Waals surface area contributed by atoms with Crippen LogP contribution in [0, 0.1) is 26.7 Å². The van der Waals surface area contributed by atoms with E-state index < -0.39 is 10.0 Å². The zero-order valence-corrected chi connectivity index (χ0v) is 21.2. The third-order valence-corrected chi connectivity index (χ3v) is 8.83. The third-order valence-electron chi connectivity index (χ3n) is 6.94. The summed E-state index contributed by atoms with van der Waals surface area (Å²) < 4.78 is 28.1. The summed E-state index contributed by atoms with van der Waals surface area (Å²) >= 11 is 0. The maximum atomic E-state index is 13.3. The average Bonchev–Trinajstić information content (AvgIpc) is 2.80. The van der Waals surface area contributed by atoms with E-state index in [4.69, 9.17) is 0 Å². The second-order valence-corrected chi connectivity index (χ2v) is 11.4. The Bertz CT molecular complexity index is 1210. The molecule has 34 heavy (non-hydrogen) atoms. The molecule has 0 radical (unpaired) electrons. The normalized spacial score (nSPS) is 17.4. The van der Waals surface area contributed by atoms with Crippen LogP contribution >= 0.6 is 0 Å². The van der Waals surface area contributed by atoms with Crippen LogP contribution in [-0.2, 0) is 26.0 Å². The molecule has 7 nitrogen and oxygen atoms in total. The fraction of sp³-hybridized carbons (Fsp3) is 0.462. The van der Waals surface area contributed by atoms with E-state index in [1.54, 1.807) is 23.1 Å². The molecule has 2 aromatic carbocycles. The second-order valence-electron chi connectivity index (χ2n) is 9.51. The van der Waals surface area contributed by atoms with Gasteiger partial charge >= 0.3 is 0 Å². The van der Waals surface area contributed by atoms with E-state index in [0.717, 1.165) is 46.5 Å². The number of carbonyl (C=O) groups excluding carboxylic acids is 2. The first-order chi connectivity index (χ1) is 16.1. The molecule has 2 aromatic rings. The number of piperidine rings is 1. The number of rotatable bonds is 4. The molecule has 4 rings (SSSR count). The molecule has 2 heterocycles. The average molecular weight is 484 g/mol. The molecule has 0 aromatic heterocycles. The molecule has 1 saturated heterocycles. The largest absolute Gasteiger partial charge is 0.325 e. The van der Waals surface area contributed by atoms with Gasteiger partial charge in [0.05, 0.1) is 4.90 Å². The molecule has 0 aliphatic carbocycles. The van der Waals surface area contributed by atoms with Gasteiger partial charge in [0.25, 0.3) is 0 Å². The Labute approximate surface area is 202 Å². The van der Waals surface area contributed by atoms with Gasteiger partial charge in [-0.3, -0.25) is 9.59 Å². The molecule has 182 valence electrons. The Morgan fingerprint density at radius 1 is 0.971 bits per heavy atom. The molecule has 0 unspecified atom stereocenters. The number of benzene rings is 2. The van der Waals surface area contributed by atoms with Gasteiger partial charge < -0.3 is 10.2 Å². The molecule has 2 aliphatic heterocycles. The maximum Gasteiger partial charge on any atom is 0.243 e. The minimum atomic E-state index is -3.66. The van der Waals surface area contributed by atoms with Gasteiger partial charge in [0.15, 0.2) is 0 Å². The van der Waals surface area contributed by atoms with Crippen LogP contribution in [0.4, 0.5) is 11.4 Å². The number of hydrogen-bond acceptors (Lipinski definition) is 4. The van der Waals surface area contributed by atoms with Crippen LogP contribution in [0.25, 0.3) is 0 Å². The minimum Gasteiger partial charge on any atom is -0.325 e. The van der Waals surface area contributed by atoms with Gasteiger partial charge in [0, 0.05) is 43.9 Å². The van der Waals surface area contributed by atoms with E-state index in [2.05, 4.69) is 5.32 Å². The zero-order valence-electron chi connectivity index (χ0n) is 20.3. The Kier molecular flexibility index (Phi) is 6.82. The van der Waals surface area contributed by atoms with Crippen molar-refractivity contribution < 1.29 is 18.0 Å². The van der Waals surface area contributed by atoms with Gasteiger partial charge in [-0.05, 0) is 81.3 Å². The van der Waals surface area contributed by atoms with Crippen molar-refractivity contribution in [2.75, 3.05) is 29.9 Å². The number of hydrogen-bond donors (Lipinski definition) is 1. The van der Waals surface area contributed by atoms with Crippen LogP contribution in [0.3, 0.4) is 0 Å². The topological polar surface area (TPSA) is 86.8 Å². The lowest BCUT2D eigenvalue weighted by Crippen LogP contribution is -2.41. The summed E-state index contributed by atoms with van der Waals surface area (Å²) in [5.41, 5.74) is 5.75. The zero-order chi connectivity index (χ0) is 24.6. The Hall–Kier alpha value is -2.71. The fourth-order valence-electron chi connectivity index (χ4n) is 5.17. The van der Waals surface area contributed by atoms with E-state index in [0.29, 0.717) is 32.5 Å². The number of aryl methyl sites for hydroxylation is 4. The Morgan fingerprint density at radius 2 is 1.62 bits per heavy atom. The van der Waals surface area contributed by atoms with Gasteiger partial charge in [-0.1, -0.05) is 17.7 Å². The van der Waals surface area contributed by atoms with Crippen molar-refractivity contribution in [3.63, 3.8) is 0 Å². The van der Waals surface area contributed by atoms with Gasteiger partial charge in [-0.25, -0.2) is 8.42 Å². The lowest BCUT2D eigenvalue weighted by Gasteiger charge is -2.32. The van der Waals surface area contributed by atoms with E-state index in [1.807, 2.05) is 32.9 Å². The number of carbonyl (C=O) groups is 2. The van der Waals surface area contributed by atoms with Crippen LogP contribution in [0.5, 0.6) is 0 Å². The highest BCUT2D eigenvalue weighted by atomic mass is 32.2. The fourth-order valence-corrected chi connectivity index (χ4v) is 6.69. The third kappa shape index (κ3) is 4.74. The molecule has 8 heteroatoms. The van der Waals surface area contributed by atoms with Gasteiger partial charge in [0.2, 0.25) is 21.8 Å². The minimum absolute atomic E-state index is 0.0343. The number of nitrogens with zero attached hydrogens (tertiary/aromatic N) is 2. The Balaban J connectivity index is 1.44. The van der Waals surface area contributed by atoms with Gasteiger partial charge in [0.1, 0.15) is 0 Å². The number of anilines is 2. The van der Waals surface area contributed by atoms with Crippen LogP contribution in [0.1, 0.15) is 48.4 Å². The first-order valence-electron chi connectivity index (χ1n) is 11.9. The lowest BCUT2D eigenvalue weighted by molar-refractivity contribution is -0.121. The summed E-state index contributed by atoms with van der Waals surface area (Å²) in [5.74, 6) is -0.308. The SMILES string of the molecule is CC(=O)N1CCCc2cc(S(=O)(=O)N3CCC(C(=O)Nc4c(C)cc(C)cc4C)CC3)ccc21. The summed E-state index contributed by atoms with van der Waals surface area (Å²) in [6, 6.07) is 9.14. The molecule has 0 saturated carbocycles. The predicted octanol–water partition coefficient (Wildman–Crippen LogP) is 3.95. The van der Waals surface area contributed by atoms with Crippen LogP contribution < -0.4 is 10.2 Å². The highest BCUT2D eigenvalue weighted by Crippen LogP contribution is 2.32. The number of nitrogens with one attached hydrogen (secondary N) is 1. The molecule has 1 fully saturated rings. The van der Waals surface area contributed by atoms with Gasteiger partial charge in [-0.2, -0.15) is 4.31 Å². The number of sulfonamides is 1. The lowest BCUT2D eigenvalue weighted by atomic mass is 9.96. The maximum absolute atomic E-state index is 13.3. The van der Waals surface area contributed by atoms with Gasteiger partial charge in [-0.15, -0.1) is 0 Å². The summed E-state index contributed by atoms with van der Waals surface area (Å²) in [6.45, 7) is 8.81. The molecule has 0 atom stereocenters. The quantitative estimate of drug-likeness (QED) is 0.713. The monoisotopic (exact) mass is 483 g/mol. The van der Waals surface area contributed by atoms with Crippen LogP contribution in [0.2, 0.25) is 0 Å². The first-order valence-corrected chi connectivity index (χ1v) is 13.3. The summed E-state index contributed by atoms with van der Waals surface area (Å²) in [5, 5.41) is 3.07. The number of fused-ring (bicyclic) bond motifs is 1. The van der Waals surface area contributed by atoms with Crippen molar-refractivity contribution in [1.82, 2.24) is 4.31 Å². The highest BCUT2D eigenvalue weighted by molar-refractivity contribution is 7.89. The standard InChI is InChI=1S/C26H33N3O4S/c1-17-14-18(2)25(19(3)15-17)27-26(31)21-9-12-28(13-10-21)34(32,33)23-7-8-24-22(16-23)6-5-11-29(24)20(4)30/h7-8,14-16,21H,5-6,9-13H2,1-4H3,(H,27,31). The first kappa shape index (κ1) is 24.4. The summed E-state index contributed by atoms with van der Waals surface area (Å²) in [4.78, 5) is 26.8. The van der Waals surface area contributed by atoms with E-state index in [-0.39, 0.29) is 22.6 Å². The van der Waals surface area contributed by atoms with Crippen LogP contribution in [-0.4, -0.2) is 44.2 Å².